The van der Waals surface area contributed by atoms with Crippen molar-refractivity contribution in [2.45, 2.75) is 18.9 Å². The third kappa shape index (κ3) is 3.37. The van der Waals surface area contributed by atoms with E-state index >= 15 is 0 Å². The van der Waals surface area contributed by atoms with Crippen LogP contribution in [0.4, 0.5) is 5.82 Å². The van der Waals surface area contributed by atoms with Crippen molar-refractivity contribution >= 4 is 32.7 Å². The lowest BCUT2D eigenvalue weighted by Crippen LogP contribution is -2.38. The quantitative estimate of drug-likeness (QED) is 0.680. The highest BCUT2D eigenvalue weighted by Crippen LogP contribution is 2.36. The van der Waals surface area contributed by atoms with Crippen molar-refractivity contribution in [3.8, 4) is 17.0 Å². The highest BCUT2D eigenvalue weighted by atomic mass is 79.9. The Balaban J connectivity index is 1.79. The smallest absolute Gasteiger partial charge is 0.175 e. The van der Waals surface area contributed by atoms with Crippen LogP contribution < -0.4 is 15.4 Å². The minimum Gasteiger partial charge on any atom is -0.496 e. The summed E-state index contributed by atoms with van der Waals surface area (Å²) in [7, 11) is 1.66. The molecule has 3 heterocycles. The molecule has 1 aliphatic heterocycles. The molecule has 0 saturated carbocycles. The zero-order valence-corrected chi connectivity index (χ0v) is 16.1. The van der Waals surface area contributed by atoms with Gasteiger partial charge < -0.3 is 15.4 Å². The fourth-order valence-electron chi connectivity index (χ4n) is 3.31. The molecule has 0 unspecified atom stereocenters. The fraction of sp³-hybridized carbons (Fsp3) is 0.316. The number of benzene rings is 1. The van der Waals surface area contributed by atoms with Gasteiger partial charge in [0.2, 0.25) is 0 Å². The summed E-state index contributed by atoms with van der Waals surface area (Å²) in [5.41, 5.74) is 2.49. The van der Waals surface area contributed by atoms with Crippen LogP contribution in [0.25, 0.3) is 22.2 Å². The fourth-order valence-corrected chi connectivity index (χ4v) is 3.65. The number of piperidine rings is 1. The van der Waals surface area contributed by atoms with E-state index in [-0.39, 0.29) is 0 Å². The monoisotopic (exact) mass is 413 g/mol. The molecule has 26 heavy (non-hydrogen) atoms. The van der Waals surface area contributed by atoms with E-state index in [0.29, 0.717) is 6.04 Å². The predicted octanol–water partition coefficient (Wildman–Crippen LogP) is 3.63. The Hall–Kier alpha value is -2.25. The summed E-state index contributed by atoms with van der Waals surface area (Å²) in [6, 6.07) is 10.2. The van der Waals surface area contributed by atoms with Crippen LogP contribution in [0.3, 0.4) is 0 Å². The van der Waals surface area contributed by atoms with Crippen molar-refractivity contribution in [1.29, 1.82) is 0 Å². The first kappa shape index (κ1) is 17.2. The van der Waals surface area contributed by atoms with Crippen molar-refractivity contribution in [2.24, 2.45) is 0 Å². The number of aromatic nitrogens is 3. The van der Waals surface area contributed by atoms with Crippen LogP contribution in [0.15, 0.2) is 41.0 Å². The van der Waals surface area contributed by atoms with Crippen LogP contribution in [-0.2, 0) is 0 Å². The van der Waals surface area contributed by atoms with Gasteiger partial charge in [-0.2, -0.15) is 0 Å². The van der Waals surface area contributed by atoms with Crippen LogP contribution in [-0.4, -0.2) is 41.4 Å². The van der Waals surface area contributed by atoms with E-state index < -0.39 is 0 Å². The first-order chi connectivity index (χ1) is 12.8. The molecule has 2 N–H and O–H groups in total. The second kappa shape index (κ2) is 7.55. The van der Waals surface area contributed by atoms with Gasteiger partial charge in [0.25, 0.3) is 0 Å². The normalized spacial score (nSPS) is 17.2. The van der Waals surface area contributed by atoms with Crippen molar-refractivity contribution in [1.82, 2.24) is 20.5 Å². The molecule has 0 spiro atoms. The summed E-state index contributed by atoms with van der Waals surface area (Å²) in [6.45, 7) is 2.00. The Bertz CT molecular complexity index is 927. The van der Waals surface area contributed by atoms with E-state index in [0.717, 1.165) is 64.1 Å². The zero-order valence-electron chi connectivity index (χ0n) is 14.5. The Morgan fingerprint density at radius 3 is 3.00 bits per heavy atom. The molecule has 6 nitrogen and oxygen atoms in total. The van der Waals surface area contributed by atoms with Crippen LogP contribution in [0.1, 0.15) is 12.8 Å². The number of nitrogens with one attached hydrogen (secondary N) is 2. The van der Waals surface area contributed by atoms with E-state index in [9.17, 15) is 0 Å². The molecule has 0 radical (unpaired) electrons. The molecular weight excluding hydrogens is 394 g/mol. The Morgan fingerprint density at radius 1 is 1.27 bits per heavy atom. The number of pyridine rings is 1. The molecule has 1 saturated heterocycles. The van der Waals surface area contributed by atoms with Gasteiger partial charge in [-0.15, -0.1) is 10.2 Å². The number of methoxy groups -OCH3 is 1. The number of rotatable bonds is 4. The maximum atomic E-state index is 5.54. The third-order valence-corrected chi connectivity index (χ3v) is 5.09. The average Bonchev–Trinajstić information content (AvgIpc) is 2.69. The molecule has 1 aromatic carbocycles. The summed E-state index contributed by atoms with van der Waals surface area (Å²) >= 11 is 3.48. The van der Waals surface area contributed by atoms with Crippen molar-refractivity contribution < 1.29 is 4.74 Å². The van der Waals surface area contributed by atoms with Crippen LogP contribution in [0.2, 0.25) is 0 Å². The van der Waals surface area contributed by atoms with E-state index in [2.05, 4.69) is 41.7 Å². The number of nitrogens with zero attached hydrogens (tertiary/aromatic N) is 3. The van der Waals surface area contributed by atoms with Crippen molar-refractivity contribution in [2.75, 3.05) is 25.5 Å². The van der Waals surface area contributed by atoms with E-state index in [4.69, 9.17) is 4.74 Å². The largest absolute Gasteiger partial charge is 0.496 e. The summed E-state index contributed by atoms with van der Waals surface area (Å²) in [5.74, 6) is 1.48. The van der Waals surface area contributed by atoms with Gasteiger partial charge in [-0.05, 0) is 49.7 Å². The molecule has 1 fully saturated rings. The average molecular weight is 414 g/mol. The molecule has 134 valence electrons. The van der Waals surface area contributed by atoms with E-state index in [1.54, 1.807) is 13.3 Å². The predicted molar refractivity (Wildman–Crippen MR) is 107 cm³/mol. The molecule has 4 rings (SSSR count). The zero-order chi connectivity index (χ0) is 17.9. The summed E-state index contributed by atoms with van der Waals surface area (Å²) in [6.07, 6.45) is 4.06. The maximum absolute atomic E-state index is 5.54. The SMILES string of the molecule is COc1cc(Br)ccc1-c1nnc(N[C@@H]2CCCNC2)c2ncccc12. The molecule has 3 aromatic rings. The minimum absolute atomic E-state index is 0.344. The number of fused-ring (bicyclic) bond motifs is 1. The van der Waals surface area contributed by atoms with Gasteiger partial charge in [-0.3, -0.25) is 4.98 Å². The second-order valence-electron chi connectivity index (χ2n) is 6.33. The second-order valence-corrected chi connectivity index (χ2v) is 7.24. The molecule has 7 heteroatoms. The van der Waals surface area contributed by atoms with Gasteiger partial charge in [0.15, 0.2) is 5.82 Å². The summed E-state index contributed by atoms with van der Waals surface area (Å²) in [4.78, 5) is 4.57. The molecule has 1 atom stereocenters. The third-order valence-electron chi connectivity index (χ3n) is 4.59. The number of halogens is 1. The van der Waals surface area contributed by atoms with Crippen LogP contribution >= 0.6 is 15.9 Å². The first-order valence-corrected chi connectivity index (χ1v) is 9.48. The first-order valence-electron chi connectivity index (χ1n) is 8.69. The van der Waals surface area contributed by atoms with Crippen molar-refractivity contribution in [3.05, 3.63) is 41.0 Å². The van der Waals surface area contributed by atoms with Gasteiger partial charge in [-0.25, -0.2) is 0 Å². The molecule has 0 aliphatic carbocycles. The summed E-state index contributed by atoms with van der Waals surface area (Å²) < 4.78 is 6.49. The topological polar surface area (TPSA) is 72.0 Å². The van der Waals surface area contributed by atoms with Crippen molar-refractivity contribution in [3.63, 3.8) is 0 Å². The van der Waals surface area contributed by atoms with Gasteiger partial charge in [0.05, 0.1) is 7.11 Å². The molecule has 0 bridgehead atoms. The van der Waals surface area contributed by atoms with E-state index in [1.807, 2.05) is 30.3 Å². The molecular formula is C19H20BrN5O. The van der Waals surface area contributed by atoms with Crippen LogP contribution in [0.5, 0.6) is 5.75 Å². The van der Waals surface area contributed by atoms with Gasteiger partial charge in [-0.1, -0.05) is 15.9 Å². The lowest BCUT2D eigenvalue weighted by Gasteiger charge is -2.24. The van der Waals surface area contributed by atoms with Gasteiger partial charge >= 0.3 is 0 Å². The number of hydrogen-bond donors (Lipinski definition) is 2. The standard InChI is InChI=1S/C19H20BrN5O/c1-26-16-10-12(20)6-7-14(16)17-15-5-3-9-22-18(15)19(25-24-17)23-13-4-2-8-21-11-13/h3,5-7,9-10,13,21H,2,4,8,11H2,1H3,(H,23,25)/t13-/m1/s1. The van der Waals surface area contributed by atoms with Gasteiger partial charge in [0, 0.05) is 34.2 Å². The number of hydrogen-bond acceptors (Lipinski definition) is 6. The lowest BCUT2D eigenvalue weighted by molar-refractivity contribution is 0.416. The molecule has 1 aliphatic rings. The lowest BCUT2D eigenvalue weighted by atomic mass is 10.1. The minimum atomic E-state index is 0.344. The molecule has 2 aromatic heterocycles. The number of anilines is 1. The highest BCUT2D eigenvalue weighted by molar-refractivity contribution is 9.10. The number of ether oxygens (including phenoxy) is 1. The maximum Gasteiger partial charge on any atom is 0.175 e. The Labute approximate surface area is 160 Å². The van der Waals surface area contributed by atoms with E-state index in [1.165, 1.54) is 0 Å². The van der Waals surface area contributed by atoms with Gasteiger partial charge in [0.1, 0.15) is 17.0 Å². The van der Waals surface area contributed by atoms with Crippen LogP contribution in [0, 0.1) is 0 Å². The highest BCUT2D eigenvalue weighted by Gasteiger charge is 2.18. The summed E-state index contributed by atoms with van der Waals surface area (Å²) in [5, 5.41) is 16.8. The molecule has 0 amide bonds. The Kier molecular flexibility index (Phi) is 4.99. The Morgan fingerprint density at radius 2 is 2.19 bits per heavy atom.